The summed E-state index contributed by atoms with van der Waals surface area (Å²) in [6.07, 6.45) is 2.83. The second kappa shape index (κ2) is 3.75. The predicted molar refractivity (Wildman–Crippen MR) is 53.1 cm³/mol. The van der Waals surface area contributed by atoms with Gasteiger partial charge in [-0.25, -0.2) is 0 Å². The van der Waals surface area contributed by atoms with Crippen molar-refractivity contribution in [1.82, 2.24) is 4.90 Å². The van der Waals surface area contributed by atoms with E-state index >= 15 is 0 Å². The second-order valence-corrected chi connectivity index (χ2v) is 4.34. The van der Waals surface area contributed by atoms with Crippen molar-refractivity contribution >= 4 is 0 Å². The lowest BCUT2D eigenvalue weighted by atomic mass is 10.1. The molecule has 0 spiro atoms. The molecular formula is C10H22N2. The van der Waals surface area contributed by atoms with E-state index in [1.165, 1.54) is 12.8 Å². The zero-order valence-electron chi connectivity index (χ0n) is 8.75. The van der Waals surface area contributed by atoms with E-state index in [0.29, 0.717) is 12.1 Å². The van der Waals surface area contributed by atoms with Crippen LogP contribution in [0, 0.1) is 5.92 Å². The van der Waals surface area contributed by atoms with Gasteiger partial charge in [0.15, 0.2) is 0 Å². The zero-order chi connectivity index (χ0) is 9.30. The molecule has 2 nitrogen and oxygen atoms in total. The molecule has 72 valence electrons. The Bertz CT molecular complexity index is 133. The Morgan fingerprint density at radius 1 is 1.25 bits per heavy atom. The number of hydrogen-bond donors (Lipinski definition) is 1. The first-order valence-electron chi connectivity index (χ1n) is 5.01. The van der Waals surface area contributed by atoms with Crippen molar-refractivity contribution in [2.45, 2.75) is 51.7 Å². The molecule has 3 unspecified atom stereocenters. The lowest BCUT2D eigenvalue weighted by molar-refractivity contribution is 0.161. The quantitative estimate of drug-likeness (QED) is 0.692. The average molecular weight is 170 g/mol. The average Bonchev–Trinajstić information content (AvgIpc) is 2.82. The van der Waals surface area contributed by atoms with Gasteiger partial charge in [-0.1, -0.05) is 0 Å². The summed E-state index contributed by atoms with van der Waals surface area (Å²) < 4.78 is 0. The van der Waals surface area contributed by atoms with Crippen LogP contribution in [0.2, 0.25) is 0 Å². The van der Waals surface area contributed by atoms with Crippen LogP contribution >= 0.6 is 0 Å². The van der Waals surface area contributed by atoms with E-state index in [2.05, 4.69) is 32.7 Å². The van der Waals surface area contributed by atoms with Gasteiger partial charge in [0.05, 0.1) is 0 Å². The van der Waals surface area contributed by atoms with Crippen molar-refractivity contribution in [2.75, 3.05) is 7.05 Å². The van der Waals surface area contributed by atoms with Gasteiger partial charge in [-0.3, -0.25) is 4.90 Å². The van der Waals surface area contributed by atoms with E-state index in [9.17, 15) is 0 Å². The minimum absolute atomic E-state index is 0.274. The van der Waals surface area contributed by atoms with Gasteiger partial charge in [-0.05, 0) is 46.6 Å². The van der Waals surface area contributed by atoms with E-state index in [-0.39, 0.29) is 6.04 Å². The molecule has 0 aliphatic heterocycles. The first-order valence-corrected chi connectivity index (χ1v) is 5.01. The van der Waals surface area contributed by atoms with Crippen molar-refractivity contribution in [1.29, 1.82) is 0 Å². The summed E-state index contributed by atoms with van der Waals surface area (Å²) in [5.74, 6) is 0.941. The minimum atomic E-state index is 0.274. The van der Waals surface area contributed by atoms with Crippen LogP contribution in [0.4, 0.5) is 0 Å². The fourth-order valence-corrected chi connectivity index (χ4v) is 1.65. The molecule has 2 N–H and O–H groups in total. The highest BCUT2D eigenvalue weighted by Crippen LogP contribution is 2.35. The summed E-state index contributed by atoms with van der Waals surface area (Å²) in [4.78, 5) is 2.42. The summed E-state index contributed by atoms with van der Waals surface area (Å²) in [5.41, 5.74) is 5.85. The zero-order valence-corrected chi connectivity index (χ0v) is 8.75. The molecule has 3 atom stereocenters. The van der Waals surface area contributed by atoms with Crippen molar-refractivity contribution in [2.24, 2.45) is 11.7 Å². The van der Waals surface area contributed by atoms with Crippen LogP contribution < -0.4 is 5.73 Å². The standard InChI is InChI=1S/C10H22N2/c1-7(11)8(2)12(4)9(3)10-5-6-10/h7-10H,5-6,11H2,1-4H3. The number of rotatable bonds is 4. The fraction of sp³-hybridized carbons (Fsp3) is 1.00. The normalized spacial score (nSPS) is 25.5. The molecule has 0 bridgehead atoms. The van der Waals surface area contributed by atoms with Crippen LogP contribution in [-0.4, -0.2) is 30.1 Å². The topological polar surface area (TPSA) is 29.3 Å². The lowest BCUT2D eigenvalue weighted by Crippen LogP contribution is -2.46. The Labute approximate surface area is 76.1 Å². The van der Waals surface area contributed by atoms with E-state index in [1.54, 1.807) is 0 Å². The Morgan fingerprint density at radius 2 is 1.75 bits per heavy atom. The van der Waals surface area contributed by atoms with Crippen LogP contribution in [0.25, 0.3) is 0 Å². The molecule has 0 saturated heterocycles. The van der Waals surface area contributed by atoms with E-state index in [1.807, 2.05) is 0 Å². The van der Waals surface area contributed by atoms with Gasteiger partial charge in [0.1, 0.15) is 0 Å². The highest BCUT2D eigenvalue weighted by Gasteiger charge is 2.32. The fourth-order valence-electron chi connectivity index (χ4n) is 1.65. The molecule has 1 aliphatic rings. The van der Waals surface area contributed by atoms with Crippen LogP contribution in [-0.2, 0) is 0 Å². The van der Waals surface area contributed by atoms with Crippen molar-refractivity contribution in [3.05, 3.63) is 0 Å². The maximum absolute atomic E-state index is 5.85. The van der Waals surface area contributed by atoms with Crippen molar-refractivity contribution in [3.63, 3.8) is 0 Å². The summed E-state index contributed by atoms with van der Waals surface area (Å²) in [5, 5.41) is 0. The number of nitrogens with zero attached hydrogens (tertiary/aromatic N) is 1. The van der Waals surface area contributed by atoms with Crippen LogP contribution in [0.3, 0.4) is 0 Å². The molecule has 2 heteroatoms. The highest BCUT2D eigenvalue weighted by atomic mass is 15.2. The smallest absolute Gasteiger partial charge is 0.0216 e. The van der Waals surface area contributed by atoms with Gasteiger partial charge in [-0.2, -0.15) is 0 Å². The first-order chi connectivity index (χ1) is 5.54. The van der Waals surface area contributed by atoms with Gasteiger partial charge in [0, 0.05) is 18.1 Å². The molecule has 0 aromatic carbocycles. The predicted octanol–water partition coefficient (Wildman–Crippen LogP) is 1.45. The third-order valence-electron chi connectivity index (χ3n) is 3.35. The van der Waals surface area contributed by atoms with Crippen LogP contribution in [0.15, 0.2) is 0 Å². The molecule has 0 aromatic rings. The SMILES string of the molecule is CC(N)C(C)N(C)C(C)C1CC1. The summed E-state index contributed by atoms with van der Waals surface area (Å²) in [7, 11) is 2.19. The summed E-state index contributed by atoms with van der Waals surface area (Å²) in [6.45, 7) is 6.61. The molecule has 0 heterocycles. The van der Waals surface area contributed by atoms with Gasteiger partial charge >= 0.3 is 0 Å². The van der Waals surface area contributed by atoms with Crippen LogP contribution in [0.5, 0.6) is 0 Å². The van der Waals surface area contributed by atoms with Crippen LogP contribution in [0.1, 0.15) is 33.6 Å². The molecule has 1 fully saturated rings. The Hall–Kier alpha value is -0.0800. The maximum atomic E-state index is 5.85. The monoisotopic (exact) mass is 170 g/mol. The minimum Gasteiger partial charge on any atom is -0.327 e. The lowest BCUT2D eigenvalue weighted by Gasteiger charge is -2.33. The van der Waals surface area contributed by atoms with E-state index in [4.69, 9.17) is 5.73 Å². The Morgan fingerprint density at radius 3 is 2.08 bits per heavy atom. The highest BCUT2D eigenvalue weighted by molar-refractivity contribution is 4.87. The number of nitrogens with two attached hydrogens (primary N) is 1. The van der Waals surface area contributed by atoms with Gasteiger partial charge in [0.2, 0.25) is 0 Å². The molecule has 1 rings (SSSR count). The molecular weight excluding hydrogens is 148 g/mol. The third-order valence-corrected chi connectivity index (χ3v) is 3.35. The number of likely N-dealkylation sites (N-methyl/N-ethyl adjacent to an activating group) is 1. The van der Waals surface area contributed by atoms with Gasteiger partial charge in [0.25, 0.3) is 0 Å². The largest absolute Gasteiger partial charge is 0.327 e. The summed E-state index contributed by atoms with van der Waals surface area (Å²) in [6, 6.07) is 1.49. The number of hydrogen-bond acceptors (Lipinski definition) is 2. The first kappa shape index (κ1) is 10.0. The van der Waals surface area contributed by atoms with Crippen molar-refractivity contribution in [3.8, 4) is 0 Å². The van der Waals surface area contributed by atoms with Gasteiger partial charge in [-0.15, -0.1) is 0 Å². The molecule has 12 heavy (non-hydrogen) atoms. The Kier molecular flexibility index (Phi) is 3.13. The molecule has 0 amide bonds. The van der Waals surface area contributed by atoms with E-state index in [0.717, 1.165) is 5.92 Å². The second-order valence-electron chi connectivity index (χ2n) is 4.34. The third kappa shape index (κ3) is 2.20. The maximum Gasteiger partial charge on any atom is 0.0216 e. The van der Waals surface area contributed by atoms with Crippen molar-refractivity contribution < 1.29 is 0 Å². The molecule has 0 aromatic heterocycles. The molecule has 1 saturated carbocycles. The Balaban J connectivity index is 2.38. The molecule has 1 aliphatic carbocycles. The van der Waals surface area contributed by atoms with E-state index < -0.39 is 0 Å². The van der Waals surface area contributed by atoms with Gasteiger partial charge < -0.3 is 5.73 Å². The molecule has 0 radical (unpaired) electrons. The summed E-state index contributed by atoms with van der Waals surface area (Å²) >= 11 is 0.